The van der Waals surface area contributed by atoms with Gasteiger partial charge in [0.05, 0.1) is 6.61 Å². The van der Waals surface area contributed by atoms with Crippen molar-refractivity contribution in [3.8, 4) is 5.75 Å². The van der Waals surface area contributed by atoms with Crippen LogP contribution >= 0.6 is 0 Å². The van der Waals surface area contributed by atoms with Gasteiger partial charge < -0.3 is 57.6 Å². The second-order valence-electron chi connectivity index (χ2n) is 16.7. The Hall–Kier alpha value is -6.50. The fraction of sp³-hybridized carbons (Fsp3) is 0.532. The first-order chi connectivity index (χ1) is 31.7. The Bertz CT molecular complexity index is 2110. The lowest BCUT2D eigenvalue weighted by Crippen LogP contribution is -2.59. The lowest BCUT2D eigenvalue weighted by Gasteiger charge is -2.28. The van der Waals surface area contributed by atoms with Gasteiger partial charge in [-0.3, -0.25) is 33.6 Å². The minimum atomic E-state index is -1.64. The Morgan fingerprint density at radius 1 is 0.803 bits per heavy atom. The average Bonchev–Trinajstić information content (AvgIpc) is 3.70. The number of H-pyrrole nitrogens is 1. The first-order valence-electron chi connectivity index (χ1n) is 22.9. The third-order valence-electron chi connectivity index (χ3n) is 11.4. The van der Waals surface area contributed by atoms with Crippen LogP contribution in [0.15, 0.2) is 54.7 Å². The molecule has 2 aromatic carbocycles. The second kappa shape index (κ2) is 27.1. The van der Waals surface area contributed by atoms with Gasteiger partial charge in [0, 0.05) is 55.7 Å². The van der Waals surface area contributed by atoms with E-state index in [2.05, 4.69) is 43.8 Å². The number of nitrogens with one attached hydrogen (secondary N) is 7. The molecule has 19 nitrogen and oxygen atoms in total. The molecule has 1 fully saturated rings. The van der Waals surface area contributed by atoms with Crippen LogP contribution < -0.4 is 37.6 Å². The number of rotatable bonds is 21. The van der Waals surface area contributed by atoms with Gasteiger partial charge in [-0.15, -0.1) is 0 Å². The molecule has 1 saturated heterocycles. The maximum absolute atomic E-state index is 14.0. The van der Waals surface area contributed by atoms with Crippen molar-refractivity contribution in [3.63, 3.8) is 0 Å². The van der Waals surface area contributed by atoms with E-state index in [4.69, 9.17) is 10.5 Å². The molecular weight excluding hydrogens is 853 g/mol. The average molecular weight is 919 g/mol. The molecule has 0 bridgehead atoms. The minimum absolute atomic E-state index is 0.0399. The van der Waals surface area contributed by atoms with E-state index in [9.17, 15) is 48.6 Å². The van der Waals surface area contributed by atoms with E-state index in [0.29, 0.717) is 17.5 Å². The molecule has 0 aliphatic carbocycles. The Labute approximate surface area is 384 Å². The number of aromatic nitrogens is 1. The third-order valence-corrected chi connectivity index (χ3v) is 11.4. The van der Waals surface area contributed by atoms with Crippen LogP contribution in [-0.2, 0) is 55.9 Å². The Kier molecular flexibility index (Phi) is 21.4. The topological polar surface area (TPSA) is 300 Å². The number of primary amides is 1. The summed E-state index contributed by atoms with van der Waals surface area (Å²) in [6, 6.07) is 5.68. The number of aliphatic hydroxyl groups is 1. The zero-order valence-corrected chi connectivity index (χ0v) is 37.8. The highest BCUT2D eigenvalue weighted by Gasteiger charge is 2.36. The molecule has 3 aromatic rings. The van der Waals surface area contributed by atoms with Crippen molar-refractivity contribution < 1.29 is 53.3 Å². The molecule has 7 amide bonds. The number of para-hydroxylation sites is 1. The summed E-state index contributed by atoms with van der Waals surface area (Å²) in [5.41, 5.74) is 7.29. The van der Waals surface area contributed by atoms with Crippen LogP contribution in [0.1, 0.15) is 108 Å². The molecule has 6 atom stereocenters. The fourth-order valence-corrected chi connectivity index (χ4v) is 7.61. The third kappa shape index (κ3) is 17.1. The Balaban J connectivity index is 1.58. The van der Waals surface area contributed by atoms with Crippen LogP contribution in [0.3, 0.4) is 0 Å². The minimum Gasteiger partial charge on any atom is -0.508 e. The van der Waals surface area contributed by atoms with Gasteiger partial charge in [-0.25, -0.2) is 4.79 Å². The lowest BCUT2D eigenvalue weighted by atomic mass is 10.0. The maximum atomic E-state index is 14.0. The summed E-state index contributed by atoms with van der Waals surface area (Å²) in [5, 5.41) is 36.4. The number of aromatic hydroxyl groups is 1. The van der Waals surface area contributed by atoms with Crippen LogP contribution in [0.2, 0.25) is 0 Å². The van der Waals surface area contributed by atoms with E-state index in [1.165, 1.54) is 56.9 Å². The van der Waals surface area contributed by atoms with Crippen LogP contribution in [-0.4, -0.2) is 112 Å². The lowest BCUT2D eigenvalue weighted by molar-refractivity contribution is -0.156. The number of hydrogen-bond acceptors (Lipinski definition) is 11. The summed E-state index contributed by atoms with van der Waals surface area (Å²) in [5.74, 6) is -6.56. The van der Waals surface area contributed by atoms with Crippen molar-refractivity contribution in [2.24, 2.45) is 5.73 Å². The van der Waals surface area contributed by atoms with Gasteiger partial charge in [-0.05, 0) is 49.1 Å². The van der Waals surface area contributed by atoms with Gasteiger partial charge in [0.2, 0.25) is 41.4 Å². The number of carbonyl (C=O) groups excluding carboxylic acids is 8. The number of nitrogens with two attached hydrogens (primary N) is 1. The maximum Gasteiger partial charge on any atom is 0.329 e. The van der Waals surface area contributed by atoms with E-state index in [-0.39, 0.29) is 50.8 Å². The van der Waals surface area contributed by atoms with Gasteiger partial charge in [0.15, 0.2) is 0 Å². The van der Waals surface area contributed by atoms with Crippen LogP contribution in [0.4, 0.5) is 0 Å². The highest BCUT2D eigenvalue weighted by Crippen LogP contribution is 2.20. The number of phenolic OH excluding ortho intramolecular Hbond substituents is 1. The van der Waals surface area contributed by atoms with Crippen LogP contribution in [0.5, 0.6) is 5.75 Å². The molecule has 1 aliphatic rings. The van der Waals surface area contributed by atoms with E-state index in [1.807, 2.05) is 24.3 Å². The largest absolute Gasteiger partial charge is 0.508 e. The number of unbranched alkanes of at least 4 members (excludes halogenated alkanes) is 8. The van der Waals surface area contributed by atoms with Crippen molar-refractivity contribution in [3.05, 3.63) is 65.9 Å². The molecule has 2 heterocycles. The van der Waals surface area contributed by atoms with Gasteiger partial charge in [0.1, 0.15) is 42.1 Å². The summed E-state index contributed by atoms with van der Waals surface area (Å²) >= 11 is 0. The molecule has 66 heavy (non-hydrogen) atoms. The van der Waals surface area contributed by atoms with Crippen LogP contribution in [0, 0.1) is 0 Å². The van der Waals surface area contributed by atoms with Crippen LogP contribution in [0.25, 0.3) is 10.9 Å². The summed E-state index contributed by atoms with van der Waals surface area (Å²) in [6.45, 7) is 2.28. The highest BCUT2D eigenvalue weighted by atomic mass is 16.5. The molecule has 360 valence electrons. The number of aromatic amines is 1. The summed E-state index contributed by atoms with van der Waals surface area (Å²) in [4.78, 5) is 111. The number of benzene rings is 2. The zero-order valence-electron chi connectivity index (χ0n) is 37.8. The Morgan fingerprint density at radius 2 is 1.45 bits per heavy atom. The fourth-order valence-electron chi connectivity index (χ4n) is 7.61. The number of amides is 7. The zero-order chi connectivity index (χ0) is 48.0. The first-order valence-corrected chi connectivity index (χ1v) is 22.9. The molecule has 0 radical (unpaired) electrons. The molecule has 0 unspecified atom stereocenters. The summed E-state index contributed by atoms with van der Waals surface area (Å²) in [7, 11) is 0. The molecule has 0 spiro atoms. The van der Waals surface area contributed by atoms with E-state index < -0.39 is 90.2 Å². The quantitative estimate of drug-likeness (QED) is 0.0542. The normalized spacial score (nSPS) is 20.5. The highest BCUT2D eigenvalue weighted by molar-refractivity contribution is 5.96. The van der Waals surface area contributed by atoms with Crippen molar-refractivity contribution in [1.82, 2.24) is 36.9 Å². The van der Waals surface area contributed by atoms with E-state index in [0.717, 1.165) is 36.6 Å². The number of aliphatic hydroxyl groups excluding tert-OH is 1. The number of ether oxygens (including phenoxy) is 1. The summed E-state index contributed by atoms with van der Waals surface area (Å²) < 4.78 is 5.74. The smallest absolute Gasteiger partial charge is 0.329 e. The number of carbonyl (C=O) groups is 8. The molecule has 0 saturated carbocycles. The number of hydrogen-bond donors (Lipinski definition) is 10. The van der Waals surface area contributed by atoms with Crippen molar-refractivity contribution >= 4 is 58.2 Å². The monoisotopic (exact) mass is 918 g/mol. The van der Waals surface area contributed by atoms with E-state index in [1.54, 1.807) is 6.20 Å². The molecule has 1 aliphatic heterocycles. The molecule has 11 N–H and O–H groups in total. The predicted octanol–water partition coefficient (Wildman–Crippen LogP) is 1.71. The van der Waals surface area contributed by atoms with Gasteiger partial charge in [-0.1, -0.05) is 88.6 Å². The van der Waals surface area contributed by atoms with Crippen molar-refractivity contribution in [2.45, 2.75) is 146 Å². The van der Waals surface area contributed by atoms with Crippen molar-refractivity contribution in [2.75, 3.05) is 13.2 Å². The number of cyclic esters (lactones) is 1. The standard InChI is InChI=1S/C47H66N8O11/c1-3-4-5-6-7-8-9-10-11-16-40(59)51-35(21-22-39(48)58)43(61)55-42-29(2)66-47(65)37(25-30-17-19-32(57)20-18-30)53-45(63)38(28-56)54-44(62)36(52-41(60)23-24-49-46(42)64)26-31-27-50-34-15-13-12-14-33(31)34/h12-15,17-20,27,29,35-38,42,50,56-57H,3-11,16,21-26,28H2,1-2H3,(H2,48,58)(H,49,64)(H,51,59)(H,52,60)(H,53,63)(H,54,62)(H,55,61)/t29-,35-,36-,37-,38+,42+/m1/s1. The molecular formula is C47H66N8O11. The predicted molar refractivity (Wildman–Crippen MR) is 244 cm³/mol. The number of fused-ring (bicyclic) bond motifs is 1. The number of phenols is 1. The SMILES string of the molecule is CCCCCCCCCCCC(=O)N[C@H](CCC(N)=O)C(=O)N[C@@H]1C(=O)NCCC(=O)N[C@H](Cc2c[nH]c3ccccc23)C(=O)N[C@@H](CO)C(=O)N[C@H](Cc2ccc(O)cc2)C(=O)O[C@@H]1C. The van der Waals surface area contributed by atoms with E-state index >= 15 is 0 Å². The summed E-state index contributed by atoms with van der Waals surface area (Å²) in [6.07, 6.45) is 8.55. The molecule has 4 rings (SSSR count). The Morgan fingerprint density at radius 3 is 2.14 bits per heavy atom. The van der Waals surface area contributed by atoms with Crippen molar-refractivity contribution in [1.29, 1.82) is 0 Å². The molecule has 1 aromatic heterocycles. The van der Waals surface area contributed by atoms with Gasteiger partial charge >= 0.3 is 5.97 Å². The molecule has 19 heteroatoms. The first kappa shape index (κ1) is 52.1. The number of esters is 1. The van der Waals surface area contributed by atoms with Gasteiger partial charge in [0.25, 0.3) is 0 Å². The van der Waals surface area contributed by atoms with Gasteiger partial charge in [-0.2, -0.15) is 0 Å². The second-order valence-corrected chi connectivity index (χ2v) is 16.7.